The van der Waals surface area contributed by atoms with Gasteiger partial charge in [-0.2, -0.15) is 4.31 Å². The van der Waals surface area contributed by atoms with E-state index < -0.39 is 21.5 Å². The predicted octanol–water partition coefficient (Wildman–Crippen LogP) is 3.46. The van der Waals surface area contributed by atoms with Crippen LogP contribution in [0.25, 0.3) is 0 Å². The summed E-state index contributed by atoms with van der Waals surface area (Å²) in [6.07, 6.45) is 7.89. The third-order valence-corrected chi connectivity index (χ3v) is 8.70. The quantitative estimate of drug-likeness (QED) is 0.598. The van der Waals surface area contributed by atoms with Gasteiger partial charge >= 0.3 is 0 Å². The minimum Gasteiger partial charge on any atom is -0.494 e. The van der Waals surface area contributed by atoms with Crippen LogP contribution in [0.2, 0.25) is 0 Å². The number of nitrogens with one attached hydrogen (secondary N) is 1. The van der Waals surface area contributed by atoms with E-state index in [1.54, 1.807) is 38.1 Å². The fourth-order valence-corrected chi connectivity index (χ4v) is 6.48. The first-order chi connectivity index (χ1) is 16.2. The molecule has 2 fully saturated rings. The van der Waals surface area contributed by atoms with Gasteiger partial charge in [-0.1, -0.05) is 39.0 Å². The van der Waals surface area contributed by atoms with Crippen LogP contribution in [0.1, 0.15) is 72.1 Å². The third-order valence-electron chi connectivity index (χ3n) is 6.73. The van der Waals surface area contributed by atoms with Gasteiger partial charge in [-0.15, -0.1) is 0 Å². The summed E-state index contributed by atoms with van der Waals surface area (Å²) in [5.41, 5.74) is -0.817. The molecule has 1 aromatic rings. The Kier molecular flexibility index (Phi) is 8.98. The number of benzene rings is 1. The normalized spacial score (nSPS) is 23.3. The van der Waals surface area contributed by atoms with Crippen LogP contribution in [0, 0.1) is 0 Å². The molecule has 9 heteroatoms. The van der Waals surface area contributed by atoms with Crippen molar-refractivity contribution in [3.63, 3.8) is 0 Å². The zero-order valence-corrected chi connectivity index (χ0v) is 21.5. The van der Waals surface area contributed by atoms with Crippen molar-refractivity contribution in [1.29, 1.82) is 0 Å². The number of rotatable bonds is 8. The highest BCUT2D eigenvalue weighted by Crippen LogP contribution is 2.32. The van der Waals surface area contributed by atoms with Crippen LogP contribution in [0.15, 0.2) is 24.3 Å². The number of carbonyl (C=O) groups excluding carboxylic acids is 2. The average molecular weight is 494 g/mol. The Hall–Kier alpha value is -2.13. The van der Waals surface area contributed by atoms with Crippen LogP contribution in [-0.4, -0.2) is 61.6 Å². The maximum Gasteiger partial charge on any atom is 0.247 e. The molecule has 1 saturated carbocycles. The van der Waals surface area contributed by atoms with E-state index in [1.165, 1.54) is 15.6 Å². The molecule has 1 aliphatic heterocycles. The summed E-state index contributed by atoms with van der Waals surface area (Å²) < 4.78 is 32.5. The van der Waals surface area contributed by atoms with Crippen LogP contribution in [0.5, 0.6) is 5.75 Å². The number of carbonyl (C=O) groups is 2. The summed E-state index contributed by atoms with van der Waals surface area (Å²) in [6, 6.07) is 7.06. The number of piperazine rings is 1. The number of anilines is 1. The lowest BCUT2D eigenvalue weighted by molar-refractivity contribution is -0.133. The molecule has 0 radical (unpaired) electrons. The predicted molar refractivity (Wildman–Crippen MR) is 133 cm³/mol. The Morgan fingerprint density at radius 2 is 1.71 bits per heavy atom. The van der Waals surface area contributed by atoms with Gasteiger partial charge in [0.25, 0.3) is 0 Å². The SMILES string of the molecule is CCCS(=O)(=O)N1CC(=O)N(c2ccc(OCC)cc2)[C@](C)(C(=O)NC2CCCCCCC2)C1. The van der Waals surface area contributed by atoms with E-state index in [-0.39, 0.29) is 30.8 Å². The van der Waals surface area contributed by atoms with E-state index in [2.05, 4.69) is 5.32 Å². The van der Waals surface area contributed by atoms with Gasteiger partial charge < -0.3 is 10.1 Å². The summed E-state index contributed by atoms with van der Waals surface area (Å²) in [7, 11) is -3.65. The molecule has 2 amide bonds. The molecular formula is C25H39N3O5S. The molecule has 1 saturated heterocycles. The van der Waals surface area contributed by atoms with Gasteiger partial charge in [-0.05, 0) is 57.4 Å². The van der Waals surface area contributed by atoms with Crippen LogP contribution in [0.3, 0.4) is 0 Å². The van der Waals surface area contributed by atoms with Crippen LogP contribution < -0.4 is 15.0 Å². The highest BCUT2D eigenvalue weighted by atomic mass is 32.2. The molecular weight excluding hydrogens is 454 g/mol. The Morgan fingerprint density at radius 1 is 1.09 bits per heavy atom. The van der Waals surface area contributed by atoms with Crippen molar-refractivity contribution in [2.75, 3.05) is 30.3 Å². The molecule has 1 aliphatic carbocycles. The smallest absolute Gasteiger partial charge is 0.247 e. The molecule has 0 spiro atoms. The number of hydrogen-bond acceptors (Lipinski definition) is 5. The van der Waals surface area contributed by atoms with E-state index in [0.29, 0.717) is 24.5 Å². The monoisotopic (exact) mass is 493 g/mol. The van der Waals surface area contributed by atoms with Gasteiger partial charge in [-0.25, -0.2) is 8.42 Å². The molecule has 0 unspecified atom stereocenters. The van der Waals surface area contributed by atoms with Gasteiger partial charge in [-0.3, -0.25) is 14.5 Å². The molecule has 1 heterocycles. The van der Waals surface area contributed by atoms with E-state index in [0.717, 1.165) is 38.5 Å². The molecule has 3 rings (SSSR count). The molecule has 1 N–H and O–H groups in total. The molecule has 2 aliphatic rings. The number of nitrogens with zero attached hydrogens (tertiary/aromatic N) is 2. The molecule has 0 aromatic heterocycles. The van der Waals surface area contributed by atoms with Crippen LogP contribution in [0.4, 0.5) is 5.69 Å². The molecule has 8 nitrogen and oxygen atoms in total. The molecule has 0 bridgehead atoms. The summed E-state index contributed by atoms with van der Waals surface area (Å²) in [5.74, 6) is -0.102. The topological polar surface area (TPSA) is 96.0 Å². The Bertz CT molecular complexity index is 942. The first-order valence-corrected chi connectivity index (χ1v) is 14.2. The van der Waals surface area contributed by atoms with Crippen molar-refractivity contribution in [3.8, 4) is 5.75 Å². The maximum absolute atomic E-state index is 13.8. The van der Waals surface area contributed by atoms with Crippen molar-refractivity contribution >= 4 is 27.5 Å². The zero-order chi connectivity index (χ0) is 24.8. The fraction of sp³-hybridized carbons (Fsp3) is 0.680. The van der Waals surface area contributed by atoms with Gasteiger partial charge in [0.15, 0.2) is 0 Å². The highest BCUT2D eigenvalue weighted by molar-refractivity contribution is 7.89. The van der Waals surface area contributed by atoms with Crippen molar-refractivity contribution in [2.24, 2.45) is 0 Å². The largest absolute Gasteiger partial charge is 0.494 e. The first kappa shape index (κ1) is 26.5. The summed E-state index contributed by atoms with van der Waals surface area (Å²) >= 11 is 0. The third kappa shape index (κ3) is 6.10. The van der Waals surface area contributed by atoms with Gasteiger partial charge in [0.1, 0.15) is 11.3 Å². The van der Waals surface area contributed by atoms with Gasteiger partial charge in [0.05, 0.1) is 18.9 Å². The summed E-state index contributed by atoms with van der Waals surface area (Å²) in [6.45, 7) is 5.52. The number of ether oxygens (including phenoxy) is 1. The van der Waals surface area contributed by atoms with E-state index in [4.69, 9.17) is 4.74 Å². The lowest BCUT2D eigenvalue weighted by atomic mass is 9.92. The lowest BCUT2D eigenvalue weighted by Gasteiger charge is -2.47. The summed E-state index contributed by atoms with van der Waals surface area (Å²) in [5, 5.41) is 3.17. The zero-order valence-electron chi connectivity index (χ0n) is 20.7. The van der Waals surface area contributed by atoms with E-state index in [9.17, 15) is 18.0 Å². The number of amides is 2. The van der Waals surface area contributed by atoms with Crippen LogP contribution in [-0.2, 0) is 19.6 Å². The van der Waals surface area contributed by atoms with E-state index in [1.807, 2.05) is 6.92 Å². The molecule has 1 atom stereocenters. The fourth-order valence-electron chi connectivity index (χ4n) is 4.95. The minimum absolute atomic E-state index is 0.0320. The van der Waals surface area contributed by atoms with Crippen molar-refractivity contribution < 1.29 is 22.7 Å². The number of hydrogen-bond donors (Lipinski definition) is 1. The Morgan fingerprint density at radius 3 is 2.29 bits per heavy atom. The number of sulfonamides is 1. The lowest BCUT2D eigenvalue weighted by Crippen LogP contribution is -2.71. The molecule has 190 valence electrons. The Labute approximate surface area is 204 Å². The standard InChI is InChI=1S/C25H39N3O5S/c1-4-17-34(31,32)27-18-23(29)28(21-13-15-22(16-14-21)33-5-2)25(3,19-27)24(30)26-20-11-9-7-6-8-10-12-20/h13-16,20H,4-12,17-19H2,1-3H3,(H,26,30)/t25-/m0/s1. The minimum atomic E-state index is -3.65. The first-order valence-electron chi connectivity index (χ1n) is 12.6. The van der Waals surface area contributed by atoms with Crippen LogP contribution >= 0.6 is 0 Å². The van der Waals surface area contributed by atoms with E-state index >= 15 is 0 Å². The second-order valence-corrected chi connectivity index (χ2v) is 11.6. The second-order valence-electron chi connectivity index (χ2n) is 9.53. The molecule has 34 heavy (non-hydrogen) atoms. The van der Waals surface area contributed by atoms with Gasteiger partial charge in [0.2, 0.25) is 21.8 Å². The summed E-state index contributed by atoms with van der Waals surface area (Å²) in [4.78, 5) is 28.6. The molecule has 1 aromatic carbocycles. The second kappa shape index (κ2) is 11.5. The average Bonchev–Trinajstić information content (AvgIpc) is 2.76. The maximum atomic E-state index is 13.8. The Balaban J connectivity index is 1.93. The highest BCUT2D eigenvalue weighted by Gasteiger charge is 2.51. The van der Waals surface area contributed by atoms with Crippen molar-refractivity contribution in [2.45, 2.75) is 83.7 Å². The van der Waals surface area contributed by atoms with Gasteiger partial charge in [0, 0.05) is 18.3 Å². The van der Waals surface area contributed by atoms with Crippen molar-refractivity contribution in [3.05, 3.63) is 24.3 Å². The van der Waals surface area contributed by atoms with Crippen molar-refractivity contribution in [1.82, 2.24) is 9.62 Å².